The van der Waals surface area contributed by atoms with Gasteiger partial charge in [0.2, 0.25) is 5.91 Å². The molecule has 0 aromatic heterocycles. The smallest absolute Gasteiger partial charge is 0.328 e. The summed E-state index contributed by atoms with van der Waals surface area (Å²) in [5.74, 6) is -3.45. The summed E-state index contributed by atoms with van der Waals surface area (Å²) in [5, 5.41) is 11.2. The van der Waals surface area contributed by atoms with Crippen molar-refractivity contribution >= 4 is 11.9 Å². The predicted octanol–water partition coefficient (Wildman–Crippen LogP) is 1.50. The van der Waals surface area contributed by atoms with E-state index in [1.807, 2.05) is 0 Å². The van der Waals surface area contributed by atoms with Crippen LogP contribution in [0.3, 0.4) is 0 Å². The number of rotatable bonds is 8. The van der Waals surface area contributed by atoms with Gasteiger partial charge in [-0.2, -0.15) is 0 Å². The van der Waals surface area contributed by atoms with Gasteiger partial charge in [-0.25, -0.2) is 13.6 Å². The van der Waals surface area contributed by atoms with E-state index in [9.17, 15) is 18.4 Å². The second-order valence-electron chi connectivity index (χ2n) is 4.52. The third kappa shape index (κ3) is 5.86. The summed E-state index contributed by atoms with van der Waals surface area (Å²) in [6.45, 7) is -0.121. The number of benzene rings is 1. The average Bonchev–Trinajstić information content (AvgIpc) is 2.42. The minimum absolute atomic E-state index is 0.0898. The van der Waals surface area contributed by atoms with Gasteiger partial charge in [-0.15, -0.1) is 0 Å². The molecule has 0 aliphatic carbocycles. The highest BCUT2D eigenvalue weighted by Gasteiger charge is 2.19. The van der Waals surface area contributed by atoms with E-state index in [1.54, 1.807) is 0 Å². The molecule has 21 heavy (non-hydrogen) atoms. The number of hydrogen-bond donors (Lipinski definition) is 2. The molecule has 1 aromatic carbocycles. The van der Waals surface area contributed by atoms with Crippen molar-refractivity contribution in [1.82, 2.24) is 5.32 Å². The lowest BCUT2D eigenvalue weighted by Gasteiger charge is -2.13. The first-order valence-electron chi connectivity index (χ1n) is 6.39. The van der Waals surface area contributed by atoms with Crippen LogP contribution in [0.1, 0.15) is 18.4 Å². The molecular formula is C14H17F2NO4. The van der Waals surface area contributed by atoms with Crippen LogP contribution in [-0.4, -0.2) is 36.7 Å². The van der Waals surface area contributed by atoms with E-state index in [1.165, 1.54) is 13.2 Å². The van der Waals surface area contributed by atoms with Gasteiger partial charge in [0.05, 0.1) is 6.61 Å². The number of hydrogen-bond acceptors (Lipinski definition) is 3. The molecule has 2 N–H and O–H groups in total. The number of amides is 1. The Kier molecular flexibility index (Phi) is 6.74. The third-order valence-corrected chi connectivity index (χ3v) is 2.82. The molecule has 7 heteroatoms. The lowest BCUT2D eigenvalue weighted by Crippen LogP contribution is -2.43. The average molecular weight is 301 g/mol. The number of carboxylic acid groups (broad SMARTS) is 1. The van der Waals surface area contributed by atoms with Gasteiger partial charge in [-0.1, -0.05) is 6.07 Å². The van der Waals surface area contributed by atoms with Crippen molar-refractivity contribution < 1.29 is 28.2 Å². The molecule has 116 valence electrons. The molecule has 0 spiro atoms. The maximum atomic E-state index is 13.0. The standard InChI is InChI=1S/C14H17F2NO4/c1-21-8-12(14(19)20)17-13(18)4-2-3-9-5-6-10(15)11(16)7-9/h5-7,12H,2-4,8H2,1H3,(H,17,18)(H,19,20). The first-order valence-corrected chi connectivity index (χ1v) is 6.39. The van der Waals surface area contributed by atoms with Crippen LogP contribution in [0, 0.1) is 11.6 Å². The van der Waals surface area contributed by atoms with Crippen molar-refractivity contribution in [3.8, 4) is 0 Å². The number of methoxy groups -OCH3 is 1. The Labute approximate surface area is 120 Å². The molecule has 0 saturated heterocycles. The summed E-state index contributed by atoms with van der Waals surface area (Å²) in [7, 11) is 1.34. The van der Waals surface area contributed by atoms with Crippen LogP contribution in [-0.2, 0) is 20.7 Å². The fraction of sp³-hybridized carbons (Fsp3) is 0.429. The van der Waals surface area contributed by atoms with Gasteiger partial charge in [0.15, 0.2) is 17.7 Å². The van der Waals surface area contributed by atoms with E-state index in [0.717, 1.165) is 12.1 Å². The SMILES string of the molecule is COCC(NC(=O)CCCc1ccc(F)c(F)c1)C(=O)O. The van der Waals surface area contributed by atoms with Crippen LogP contribution >= 0.6 is 0 Å². The zero-order chi connectivity index (χ0) is 15.8. The Morgan fingerprint density at radius 2 is 2.05 bits per heavy atom. The summed E-state index contributed by atoms with van der Waals surface area (Å²) in [4.78, 5) is 22.4. The second kappa shape index (κ2) is 8.31. The fourth-order valence-electron chi connectivity index (χ4n) is 1.76. The largest absolute Gasteiger partial charge is 0.480 e. The number of aryl methyl sites for hydroxylation is 1. The maximum Gasteiger partial charge on any atom is 0.328 e. The molecule has 0 bridgehead atoms. The highest BCUT2D eigenvalue weighted by Crippen LogP contribution is 2.11. The van der Waals surface area contributed by atoms with Gasteiger partial charge in [0, 0.05) is 13.5 Å². The maximum absolute atomic E-state index is 13.0. The quantitative estimate of drug-likeness (QED) is 0.763. The number of carbonyl (C=O) groups is 2. The predicted molar refractivity (Wildman–Crippen MR) is 70.7 cm³/mol. The first-order chi connectivity index (χ1) is 9.93. The normalized spacial score (nSPS) is 12.0. The topological polar surface area (TPSA) is 75.6 Å². The van der Waals surface area contributed by atoms with Gasteiger partial charge in [-0.05, 0) is 30.5 Å². The lowest BCUT2D eigenvalue weighted by atomic mass is 10.1. The molecule has 0 saturated carbocycles. The lowest BCUT2D eigenvalue weighted by molar-refractivity contribution is -0.143. The molecule has 0 radical (unpaired) electrons. The van der Waals surface area contributed by atoms with E-state index in [0.29, 0.717) is 18.4 Å². The van der Waals surface area contributed by atoms with E-state index in [2.05, 4.69) is 5.32 Å². The zero-order valence-corrected chi connectivity index (χ0v) is 11.6. The Hall–Kier alpha value is -2.02. The van der Waals surface area contributed by atoms with E-state index < -0.39 is 29.6 Å². The minimum atomic E-state index is -1.18. The number of nitrogens with one attached hydrogen (secondary N) is 1. The van der Waals surface area contributed by atoms with Crippen LogP contribution in [0.4, 0.5) is 8.78 Å². The summed E-state index contributed by atoms with van der Waals surface area (Å²) >= 11 is 0. The molecule has 1 aromatic rings. The molecule has 1 unspecified atom stereocenters. The Morgan fingerprint density at radius 3 is 2.62 bits per heavy atom. The van der Waals surface area contributed by atoms with Crippen molar-refractivity contribution in [2.75, 3.05) is 13.7 Å². The van der Waals surface area contributed by atoms with Crippen LogP contribution in [0.15, 0.2) is 18.2 Å². The molecule has 1 atom stereocenters. The molecule has 5 nitrogen and oxygen atoms in total. The van der Waals surface area contributed by atoms with Gasteiger partial charge >= 0.3 is 5.97 Å². The minimum Gasteiger partial charge on any atom is -0.480 e. The van der Waals surface area contributed by atoms with Crippen LogP contribution in [0.5, 0.6) is 0 Å². The molecule has 1 rings (SSSR count). The zero-order valence-electron chi connectivity index (χ0n) is 11.6. The number of ether oxygens (including phenoxy) is 1. The molecule has 0 aliphatic rings. The first kappa shape index (κ1) is 17.0. The van der Waals surface area contributed by atoms with Crippen molar-refractivity contribution in [3.05, 3.63) is 35.4 Å². The highest BCUT2D eigenvalue weighted by molar-refractivity contribution is 5.83. The number of carbonyl (C=O) groups excluding carboxylic acids is 1. The second-order valence-corrected chi connectivity index (χ2v) is 4.52. The van der Waals surface area contributed by atoms with Gasteiger partial charge in [0.25, 0.3) is 0 Å². The molecular weight excluding hydrogens is 284 g/mol. The summed E-state index contributed by atoms with van der Waals surface area (Å²) in [6, 6.07) is 2.47. The highest BCUT2D eigenvalue weighted by atomic mass is 19.2. The Morgan fingerprint density at radius 1 is 1.33 bits per heavy atom. The summed E-state index contributed by atoms with van der Waals surface area (Å²) in [5.41, 5.74) is 0.577. The number of carboxylic acids is 1. The van der Waals surface area contributed by atoms with Crippen LogP contribution < -0.4 is 5.32 Å². The van der Waals surface area contributed by atoms with Crippen molar-refractivity contribution in [1.29, 1.82) is 0 Å². The Bertz CT molecular complexity index is 508. The van der Waals surface area contributed by atoms with Crippen LogP contribution in [0.2, 0.25) is 0 Å². The Balaban J connectivity index is 2.39. The molecule has 0 fully saturated rings. The molecule has 0 aliphatic heterocycles. The van der Waals surface area contributed by atoms with Crippen LogP contribution in [0.25, 0.3) is 0 Å². The number of halogens is 2. The van der Waals surface area contributed by atoms with E-state index in [-0.39, 0.29) is 13.0 Å². The van der Waals surface area contributed by atoms with Gasteiger partial charge in [0.1, 0.15) is 0 Å². The van der Waals surface area contributed by atoms with E-state index in [4.69, 9.17) is 9.84 Å². The third-order valence-electron chi connectivity index (χ3n) is 2.82. The summed E-state index contributed by atoms with van der Waals surface area (Å²) < 4.78 is 30.4. The fourth-order valence-corrected chi connectivity index (χ4v) is 1.76. The monoisotopic (exact) mass is 301 g/mol. The van der Waals surface area contributed by atoms with E-state index >= 15 is 0 Å². The van der Waals surface area contributed by atoms with Gasteiger partial charge in [-0.3, -0.25) is 4.79 Å². The number of aliphatic carboxylic acids is 1. The van der Waals surface area contributed by atoms with Crippen molar-refractivity contribution in [3.63, 3.8) is 0 Å². The molecule has 0 heterocycles. The molecule has 1 amide bonds. The summed E-state index contributed by atoms with van der Waals surface area (Å²) in [6.07, 6.45) is 0.884. The van der Waals surface area contributed by atoms with Crippen molar-refractivity contribution in [2.45, 2.75) is 25.3 Å². The van der Waals surface area contributed by atoms with Crippen molar-refractivity contribution in [2.24, 2.45) is 0 Å². The van der Waals surface area contributed by atoms with Gasteiger partial charge < -0.3 is 15.2 Å².